The van der Waals surface area contributed by atoms with Crippen LogP contribution >= 0.6 is 0 Å². The number of carbonyl (C=O) groups excluding carboxylic acids is 1. The Balaban J connectivity index is 1.48. The second-order valence-electron chi connectivity index (χ2n) is 6.63. The highest BCUT2D eigenvalue weighted by Crippen LogP contribution is 2.23. The van der Waals surface area contributed by atoms with Crippen molar-refractivity contribution >= 4 is 16.8 Å². The van der Waals surface area contributed by atoms with Gasteiger partial charge >= 0.3 is 0 Å². The lowest BCUT2D eigenvalue weighted by Crippen LogP contribution is -2.29. The van der Waals surface area contributed by atoms with Crippen LogP contribution in [0.4, 0.5) is 4.39 Å². The molecule has 0 aliphatic carbocycles. The zero-order valence-electron chi connectivity index (χ0n) is 14.0. The largest absolute Gasteiger partial charge is 0.391 e. The monoisotopic (exact) mass is 351 g/mol. The molecule has 3 heterocycles. The molecule has 1 aliphatic rings. The molecule has 6 heteroatoms. The van der Waals surface area contributed by atoms with Gasteiger partial charge in [-0.3, -0.25) is 14.8 Å². The standard InChI is InChI=1S/C20H18FN3O2/c21-16-7-14(9-22-10-16)20(26)24-11-15(19(25)12-24)8-17-6-5-13-3-1-2-4-18(13)23-17/h1-7,9-10,15,19,25H,8,11-12H2/t15-,19-/m1/s1. The number of fused-ring (bicyclic) bond motifs is 1. The first-order chi connectivity index (χ1) is 12.6. The van der Waals surface area contributed by atoms with E-state index >= 15 is 0 Å². The van der Waals surface area contributed by atoms with Crippen molar-refractivity contribution in [2.45, 2.75) is 12.5 Å². The molecular formula is C20H18FN3O2. The molecular weight excluding hydrogens is 333 g/mol. The van der Waals surface area contributed by atoms with Crippen molar-refractivity contribution in [3.05, 3.63) is 71.9 Å². The number of para-hydroxylation sites is 1. The summed E-state index contributed by atoms with van der Waals surface area (Å²) in [6, 6.07) is 13.0. The number of benzene rings is 1. The first-order valence-electron chi connectivity index (χ1n) is 8.53. The van der Waals surface area contributed by atoms with E-state index in [0.29, 0.717) is 13.0 Å². The zero-order chi connectivity index (χ0) is 18.1. The van der Waals surface area contributed by atoms with Gasteiger partial charge in [0.2, 0.25) is 0 Å². The van der Waals surface area contributed by atoms with Crippen LogP contribution in [-0.2, 0) is 6.42 Å². The highest BCUT2D eigenvalue weighted by molar-refractivity contribution is 5.94. The summed E-state index contributed by atoms with van der Waals surface area (Å²) in [6.07, 6.45) is 2.35. The number of aliphatic hydroxyl groups excluding tert-OH is 1. The average Bonchev–Trinajstić information content (AvgIpc) is 3.01. The Morgan fingerprint density at radius 1 is 1.19 bits per heavy atom. The van der Waals surface area contributed by atoms with Crippen LogP contribution < -0.4 is 0 Å². The first kappa shape index (κ1) is 16.6. The number of pyridine rings is 2. The van der Waals surface area contributed by atoms with E-state index in [1.54, 1.807) is 4.90 Å². The molecule has 1 amide bonds. The van der Waals surface area contributed by atoms with Crippen LogP contribution in [-0.4, -0.2) is 45.1 Å². The number of likely N-dealkylation sites (tertiary alicyclic amines) is 1. The Bertz CT molecular complexity index is 962. The van der Waals surface area contributed by atoms with Gasteiger partial charge in [-0.25, -0.2) is 4.39 Å². The highest BCUT2D eigenvalue weighted by Gasteiger charge is 2.34. The third-order valence-corrected chi connectivity index (χ3v) is 4.77. The molecule has 0 radical (unpaired) electrons. The first-order valence-corrected chi connectivity index (χ1v) is 8.53. The maximum Gasteiger partial charge on any atom is 0.255 e. The maximum atomic E-state index is 13.3. The number of nitrogens with zero attached hydrogens (tertiary/aromatic N) is 3. The summed E-state index contributed by atoms with van der Waals surface area (Å²) < 4.78 is 13.3. The Labute approximate surface area is 150 Å². The number of hydrogen-bond acceptors (Lipinski definition) is 4. The highest BCUT2D eigenvalue weighted by atomic mass is 19.1. The van der Waals surface area contributed by atoms with E-state index < -0.39 is 11.9 Å². The van der Waals surface area contributed by atoms with E-state index in [1.165, 1.54) is 12.3 Å². The molecule has 1 aromatic carbocycles. The van der Waals surface area contributed by atoms with Crippen molar-refractivity contribution < 1.29 is 14.3 Å². The molecule has 1 aliphatic heterocycles. The number of hydrogen-bond donors (Lipinski definition) is 1. The second kappa shape index (κ2) is 6.80. The normalized spacial score (nSPS) is 19.8. The van der Waals surface area contributed by atoms with Gasteiger partial charge in [0.25, 0.3) is 5.91 Å². The maximum absolute atomic E-state index is 13.3. The Morgan fingerprint density at radius 3 is 2.88 bits per heavy atom. The van der Waals surface area contributed by atoms with E-state index in [-0.39, 0.29) is 23.9 Å². The number of aliphatic hydroxyl groups is 1. The molecule has 1 fully saturated rings. The fourth-order valence-corrected chi connectivity index (χ4v) is 3.42. The van der Waals surface area contributed by atoms with Gasteiger partial charge in [-0.05, 0) is 24.6 Å². The minimum Gasteiger partial charge on any atom is -0.391 e. The average molecular weight is 351 g/mol. The minimum atomic E-state index is -0.631. The Morgan fingerprint density at radius 2 is 2.04 bits per heavy atom. The van der Waals surface area contributed by atoms with Crippen molar-refractivity contribution in [2.75, 3.05) is 13.1 Å². The van der Waals surface area contributed by atoms with Crippen LogP contribution in [0.25, 0.3) is 10.9 Å². The summed E-state index contributed by atoms with van der Waals surface area (Å²) >= 11 is 0. The van der Waals surface area contributed by atoms with E-state index in [1.807, 2.05) is 36.4 Å². The van der Waals surface area contributed by atoms with Crippen LogP contribution in [0, 0.1) is 11.7 Å². The molecule has 3 aromatic rings. The van der Waals surface area contributed by atoms with Crippen molar-refractivity contribution in [1.82, 2.24) is 14.9 Å². The van der Waals surface area contributed by atoms with Crippen molar-refractivity contribution in [1.29, 1.82) is 0 Å². The molecule has 0 saturated carbocycles. The van der Waals surface area contributed by atoms with Crippen LogP contribution in [0.15, 0.2) is 54.9 Å². The van der Waals surface area contributed by atoms with E-state index in [4.69, 9.17) is 0 Å². The lowest BCUT2D eigenvalue weighted by molar-refractivity contribution is 0.0763. The number of aromatic nitrogens is 2. The molecule has 132 valence electrons. The molecule has 2 aromatic heterocycles. The molecule has 0 spiro atoms. The SMILES string of the molecule is O=C(c1cncc(F)c1)N1C[C@@H](Cc2ccc3ccccc3n2)[C@H](O)C1. The number of β-amino-alcohol motifs (C(OH)–C–C–N with tert-alkyl or cyclic N) is 1. The van der Waals surface area contributed by atoms with Gasteiger partial charge in [-0.1, -0.05) is 24.3 Å². The van der Waals surface area contributed by atoms with Crippen LogP contribution in [0.3, 0.4) is 0 Å². The van der Waals surface area contributed by atoms with E-state index in [0.717, 1.165) is 22.8 Å². The third-order valence-electron chi connectivity index (χ3n) is 4.77. The van der Waals surface area contributed by atoms with Crippen molar-refractivity contribution in [3.63, 3.8) is 0 Å². The fourth-order valence-electron chi connectivity index (χ4n) is 3.42. The van der Waals surface area contributed by atoms with Crippen LogP contribution in [0.2, 0.25) is 0 Å². The molecule has 1 saturated heterocycles. The number of halogens is 1. The van der Waals surface area contributed by atoms with Crippen molar-refractivity contribution in [3.8, 4) is 0 Å². The van der Waals surface area contributed by atoms with Gasteiger partial charge in [0.15, 0.2) is 0 Å². The Kier molecular flexibility index (Phi) is 4.34. The quantitative estimate of drug-likeness (QED) is 0.787. The molecule has 26 heavy (non-hydrogen) atoms. The summed E-state index contributed by atoms with van der Waals surface area (Å²) in [4.78, 5) is 22.4. The predicted octanol–water partition coefficient (Wildman–Crippen LogP) is 2.44. The summed E-state index contributed by atoms with van der Waals surface area (Å²) in [5, 5.41) is 11.4. The van der Waals surface area contributed by atoms with Gasteiger partial charge < -0.3 is 10.0 Å². The summed E-state index contributed by atoms with van der Waals surface area (Å²) in [6.45, 7) is 0.638. The topological polar surface area (TPSA) is 66.3 Å². The molecule has 5 nitrogen and oxygen atoms in total. The van der Waals surface area contributed by atoms with Gasteiger partial charge in [0.05, 0.1) is 23.4 Å². The molecule has 4 rings (SSSR count). The number of amides is 1. The van der Waals surface area contributed by atoms with Gasteiger partial charge in [0.1, 0.15) is 5.82 Å². The predicted molar refractivity (Wildman–Crippen MR) is 95.0 cm³/mol. The summed E-state index contributed by atoms with van der Waals surface area (Å²) in [5.74, 6) is -0.966. The summed E-state index contributed by atoms with van der Waals surface area (Å²) in [5.41, 5.74) is 1.99. The molecule has 0 unspecified atom stereocenters. The molecule has 0 bridgehead atoms. The van der Waals surface area contributed by atoms with Gasteiger partial charge in [-0.15, -0.1) is 0 Å². The van der Waals surface area contributed by atoms with Crippen LogP contribution in [0.5, 0.6) is 0 Å². The second-order valence-corrected chi connectivity index (χ2v) is 6.63. The summed E-state index contributed by atoms with van der Waals surface area (Å²) in [7, 11) is 0. The smallest absolute Gasteiger partial charge is 0.255 e. The van der Waals surface area contributed by atoms with Gasteiger partial charge in [0, 0.05) is 36.3 Å². The lowest BCUT2D eigenvalue weighted by Gasteiger charge is -2.16. The zero-order valence-corrected chi connectivity index (χ0v) is 14.0. The number of carbonyl (C=O) groups is 1. The van der Waals surface area contributed by atoms with E-state index in [9.17, 15) is 14.3 Å². The molecule has 1 N–H and O–H groups in total. The Hall–Kier alpha value is -2.86. The lowest BCUT2D eigenvalue weighted by atomic mass is 9.99. The van der Waals surface area contributed by atoms with Gasteiger partial charge in [-0.2, -0.15) is 0 Å². The van der Waals surface area contributed by atoms with E-state index in [2.05, 4.69) is 9.97 Å². The fraction of sp³-hybridized carbons (Fsp3) is 0.250. The molecule has 2 atom stereocenters. The third kappa shape index (κ3) is 3.28. The number of rotatable bonds is 3. The van der Waals surface area contributed by atoms with Crippen LogP contribution in [0.1, 0.15) is 16.1 Å². The van der Waals surface area contributed by atoms with Crippen molar-refractivity contribution in [2.24, 2.45) is 5.92 Å². The minimum absolute atomic E-state index is 0.103.